The van der Waals surface area contributed by atoms with Crippen LogP contribution < -0.4 is 5.84 Å². The van der Waals surface area contributed by atoms with Crippen LogP contribution in [0.2, 0.25) is 0 Å². The lowest BCUT2D eigenvalue weighted by Gasteiger charge is -2.16. The molecule has 198 valence electrons. The third kappa shape index (κ3) is 3.16. The molecular formula is C39H27N3. The van der Waals surface area contributed by atoms with E-state index < -0.39 is 0 Å². The maximum atomic E-state index is 6.65. The molecule has 0 aliphatic rings. The van der Waals surface area contributed by atoms with Crippen molar-refractivity contribution in [1.29, 1.82) is 0 Å². The molecule has 42 heavy (non-hydrogen) atoms. The quantitative estimate of drug-likeness (QED) is 0.177. The zero-order chi connectivity index (χ0) is 27.8. The van der Waals surface area contributed by atoms with Crippen molar-refractivity contribution in [3.05, 3.63) is 151 Å². The Bertz CT molecular complexity index is 2480. The van der Waals surface area contributed by atoms with E-state index in [0.717, 1.165) is 17.5 Å². The van der Waals surface area contributed by atoms with Gasteiger partial charge in [-0.15, -0.1) is 0 Å². The molecule has 0 amide bonds. The zero-order valence-electron chi connectivity index (χ0n) is 23.0. The van der Waals surface area contributed by atoms with Crippen LogP contribution in [-0.2, 0) is 6.42 Å². The van der Waals surface area contributed by atoms with Gasteiger partial charge in [0.05, 0.1) is 22.1 Å². The summed E-state index contributed by atoms with van der Waals surface area (Å²) in [6.07, 6.45) is 0.834. The molecule has 3 heteroatoms. The average molecular weight is 538 g/mol. The molecule has 0 radical (unpaired) electrons. The lowest BCUT2D eigenvalue weighted by Crippen LogP contribution is -2.06. The molecule has 0 saturated heterocycles. The molecule has 2 N–H and O–H groups in total. The third-order valence-electron chi connectivity index (χ3n) is 8.93. The molecule has 9 aromatic rings. The number of hydrogen-bond donors (Lipinski definition) is 1. The highest BCUT2D eigenvalue weighted by atomic mass is 15.3. The SMILES string of the molecule is Nn1c2ccccc2c2c3cc(Cc4ccccc4)c4c(ccc5c6ccccc6n(-c6ccccc6)c54)c3ccc21. The summed E-state index contributed by atoms with van der Waals surface area (Å²) in [7, 11) is 0. The van der Waals surface area contributed by atoms with Crippen LogP contribution in [0, 0.1) is 0 Å². The van der Waals surface area contributed by atoms with Crippen molar-refractivity contribution in [1.82, 2.24) is 9.24 Å². The number of para-hydroxylation sites is 3. The smallest absolute Gasteiger partial charge is 0.0710 e. The number of rotatable bonds is 3. The third-order valence-corrected chi connectivity index (χ3v) is 8.93. The van der Waals surface area contributed by atoms with Gasteiger partial charge in [-0.2, -0.15) is 0 Å². The van der Waals surface area contributed by atoms with Crippen molar-refractivity contribution in [2.24, 2.45) is 0 Å². The standard InChI is InChI=1S/C39H27N3/c40-42-35-18-10-8-16-32(35)38-33-24-26(23-25-11-3-1-4-12-25)37-30(28(33)21-22-36(38)42)19-20-31-29-15-7-9-17-34(29)41(39(31)37)27-13-5-2-6-14-27/h1-22,24H,23,40H2. The Hall–Kier alpha value is -5.54. The van der Waals surface area contributed by atoms with Gasteiger partial charge in [-0.1, -0.05) is 103 Å². The van der Waals surface area contributed by atoms with E-state index in [1.54, 1.807) is 0 Å². The largest absolute Gasteiger partial charge is 0.339 e. The van der Waals surface area contributed by atoms with E-state index in [1.165, 1.54) is 70.9 Å². The first-order chi connectivity index (χ1) is 20.8. The minimum Gasteiger partial charge on any atom is -0.339 e. The first kappa shape index (κ1) is 23.2. The van der Waals surface area contributed by atoms with Crippen molar-refractivity contribution >= 4 is 65.2 Å². The number of nitrogen functional groups attached to an aromatic ring is 1. The normalized spacial score (nSPS) is 12.0. The number of hydrogen-bond acceptors (Lipinski definition) is 1. The van der Waals surface area contributed by atoms with Crippen LogP contribution in [0.4, 0.5) is 0 Å². The predicted molar refractivity (Wildman–Crippen MR) is 178 cm³/mol. The molecule has 2 heterocycles. The summed E-state index contributed by atoms with van der Waals surface area (Å²) in [5.74, 6) is 6.65. The maximum Gasteiger partial charge on any atom is 0.0710 e. The summed E-state index contributed by atoms with van der Waals surface area (Å²) >= 11 is 0. The van der Waals surface area contributed by atoms with Crippen LogP contribution in [-0.4, -0.2) is 9.24 Å². The highest BCUT2D eigenvalue weighted by Gasteiger charge is 2.20. The topological polar surface area (TPSA) is 35.9 Å². The summed E-state index contributed by atoms with van der Waals surface area (Å²) in [5, 5.41) is 10.0. The van der Waals surface area contributed by atoms with Gasteiger partial charge in [-0.25, -0.2) is 0 Å². The van der Waals surface area contributed by atoms with Crippen molar-refractivity contribution in [3.63, 3.8) is 0 Å². The summed E-state index contributed by atoms with van der Waals surface area (Å²) in [5.41, 5.74) is 8.36. The highest BCUT2D eigenvalue weighted by Crippen LogP contribution is 2.43. The van der Waals surface area contributed by atoms with E-state index in [9.17, 15) is 0 Å². The van der Waals surface area contributed by atoms with Gasteiger partial charge in [0.25, 0.3) is 0 Å². The number of nitrogens with two attached hydrogens (primary N) is 1. The van der Waals surface area contributed by atoms with Crippen LogP contribution >= 0.6 is 0 Å². The van der Waals surface area contributed by atoms with Crippen LogP contribution in [0.15, 0.2) is 140 Å². The molecule has 0 spiro atoms. The first-order valence-electron chi connectivity index (χ1n) is 14.5. The number of benzene rings is 7. The molecule has 0 saturated carbocycles. The van der Waals surface area contributed by atoms with Crippen molar-refractivity contribution in [3.8, 4) is 5.69 Å². The molecule has 0 aliphatic heterocycles. The Balaban J connectivity index is 1.52. The zero-order valence-corrected chi connectivity index (χ0v) is 23.0. The first-order valence-corrected chi connectivity index (χ1v) is 14.5. The van der Waals surface area contributed by atoms with E-state index in [1.807, 2.05) is 4.68 Å². The van der Waals surface area contributed by atoms with Gasteiger partial charge >= 0.3 is 0 Å². The van der Waals surface area contributed by atoms with E-state index in [-0.39, 0.29) is 0 Å². The lowest BCUT2D eigenvalue weighted by molar-refractivity contribution is 1.12. The lowest BCUT2D eigenvalue weighted by atomic mass is 9.90. The molecule has 0 bridgehead atoms. The Kier molecular flexibility index (Phi) is 4.82. The molecule has 2 aromatic heterocycles. The second kappa shape index (κ2) is 8.73. The van der Waals surface area contributed by atoms with Crippen LogP contribution in [0.3, 0.4) is 0 Å². The fraction of sp³-hybridized carbons (Fsp3) is 0.0256. The van der Waals surface area contributed by atoms with Crippen molar-refractivity contribution < 1.29 is 0 Å². The number of aromatic nitrogens is 2. The van der Waals surface area contributed by atoms with Crippen molar-refractivity contribution in [2.45, 2.75) is 6.42 Å². The number of fused-ring (bicyclic) bond motifs is 11. The van der Waals surface area contributed by atoms with Gasteiger partial charge in [-0.3, -0.25) is 4.68 Å². The van der Waals surface area contributed by atoms with Crippen LogP contribution in [0.1, 0.15) is 11.1 Å². The highest BCUT2D eigenvalue weighted by molar-refractivity contribution is 6.29. The van der Waals surface area contributed by atoms with Gasteiger partial charge in [0.1, 0.15) is 0 Å². The summed E-state index contributed by atoms with van der Waals surface area (Å²) in [6, 6.07) is 50.4. The fourth-order valence-corrected chi connectivity index (χ4v) is 7.16. The van der Waals surface area contributed by atoms with Gasteiger partial charge in [0.2, 0.25) is 0 Å². The predicted octanol–water partition coefficient (Wildman–Crippen LogP) is 9.50. The monoisotopic (exact) mass is 537 g/mol. The van der Waals surface area contributed by atoms with Gasteiger partial charge < -0.3 is 10.4 Å². The van der Waals surface area contributed by atoms with Gasteiger partial charge in [-0.05, 0) is 70.1 Å². The molecular weight excluding hydrogens is 510 g/mol. The minimum absolute atomic E-state index is 0.834. The van der Waals surface area contributed by atoms with E-state index in [2.05, 4.69) is 144 Å². The second-order valence-corrected chi connectivity index (χ2v) is 11.2. The Morgan fingerprint density at radius 2 is 1.10 bits per heavy atom. The molecule has 7 aromatic carbocycles. The molecule has 0 atom stereocenters. The van der Waals surface area contributed by atoms with Crippen molar-refractivity contribution in [2.75, 3.05) is 5.84 Å². The van der Waals surface area contributed by atoms with E-state index in [4.69, 9.17) is 5.84 Å². The Labute approximate surface area is 242 Å². The van der Waals surface area contributed by atoms with Crippen LogP contribution in [0.25, 0.3) is 70.8 Å². The second-order valence-electron chi connectivity index (χ2n) is 11.2. The maximum absolute atomic E-state index is 6.65. The molecule has 9 rings (SSSR count). The summed E-state index contributed by atoms with van der Waals surface area (Å²) < 4.78 is 4.29. The molecule has 0 unspecified atom stereocenters. The van der Waals surface area contributed by atoms with E-state index >= 15 is 0 Å². The average Bonchev–Trinajstić information content (AvgIpc) is 3.54. The van der Waals surface area contributed by atoms with Gasteiger partial charge in [0.15, 0.2) is 0 Å². The molecule has 0 aliphatic carbocycles. The Morgan fingerprint density at radius 3 is 1.90 bits per heavy atom. The van der Waals surface area contributed by atoms with Gasteiger partial charge in [0, 0.05) is 32.6 Å². The molecule has 3 nitrogen and oxygen atoms in total. The fourth-order valence-electron chi connectivity index (χ4n) is 7.16. The van der Waals surface area contributed by atoms with Crippen LogP contribution in [0.5, 0.6) is 0 Å². The Morgan fingerprint density at radius 1 is 0.452 bits per heavy atom. The minimum atomic E-state index is 0.834. The van der Waals surface area contributed by atoms with E-state index in [0.29, 0.717) is 0 Å². The number of nitrogens with zero attached hydrogens (tertiary/aromatic N) is 2. The summed E-state index contributed by atoms with van der Waals surface area (Å²) in [6.45, 7) is 0. The summed E-state index contributed by atoms with van der Waals surface area (Å²) in [4.78, 5) is 0. The molecule has 0 fully saturated rings.